The molecule has 2 aromatic rings. The average Bonchev–Trinajstić information content (AvgIpc) is 3.41. The molecule has 0 bridgehead atoms. The van der Waals surface area contributed by atoms with E-state index in [9.17, 15) is 29.1 Å². The Labute approximate surface area is 201 Å². The summed E-state index contributed by atoms with van der Waals surface area (Å²) < 4.78 is 0. The molecule has 182 valence electrons. The molecule has 2 aromatic carbocycles. The monoisotopic (exact) mass is 478 g/mol. The molecule has 2 atom stereocenters. The van der Waals surface area contributed by atoms with Crippen LogP contribution in [0.4, 0.5) is 0 Å². The van der Waals surface area contributed by atoms with Crippen molar-refractivity contribution in [3.05, 3.63) is 59.7 Å². The quantitative estimate of drug-likeness (QED) is 0.286. The van der Waals surface area contributed by atoms with Crippen LogP contribution in [0, 0.1) is 5.92 Å². The van der Waals surface area contributed by atoms with E-state index in [0.717, 1.165) is 11.1 Å². The molecule has 4 amide bonds. The maximum absolute atomic E-state index is 13.5. The van der Waals surface area contributed by atoms with Crippen molar-refractivity contribution in [3.8, 4) is 11.1 Å². The molecule has 0 radical (unpaired) electrons. The summed E-state index contributed by atoms with van der Waals surface area (Å²) in [7, 11) is 0. The van der Waals surface area contributed by atoms with Crippen molar-refractivity contribution in [1.82, 2.24) is 21.3 Å². The summed E-state index contributed by atoms with van der Waals surface area (Å²) in [4.78, 5) is 61.8. The predicted molar refractivity (Wildman–Crippen MR) is 125 cm³/mol. The van der Waals surface area contributed by atoms with E-state index >= 15 is 0 Å². The van der Waals surface area contributed by atoms with Crippen molar-refractivity contribution in [2.75, 3.05) is 19.7 Å². The van der Waals surface area contributed by atoms with Gasteiger partial charge in [0.05, 0.1) is 12.6 Å². The molecule has 0 aromatic heterocycles. The average molecular weight is 479 g/mol. The molecule has 1 saturated heterocycles. The molecule has 35 heavy (non-hydrogen) atoms. The lowest BCUT2D eigenvalue weighted by Crippen LogP contribution is -2.56. The first-order valence-electron chi connectivity index (χ1n) is 11.3. The zero-order chi connectivity index (χ0) is 25.0. The number of ketones is 1. The summed E-state index contributed by atoms with van der Waals surface area (Å²) >= 11 is 0. The van der Waals surface area contributed by atoms with Gasteiger partial charge in [-0.1, -0.05) is 48.5 Å². The van der Waals surface area contributed by atoms with E-state index in [2.05, 4.69) is 21.3 Å². The van der Waals surface area contributed by atoms with E-state index in [0.29, 0.717) is 30.5 Å². The van der Waals surface area contributed by atoms with Crippen LogP contribution >= 0.6 is 0 Å². The van der Waals surface area contributed by atoms with E-state index < -0.39 is 48.2 Å². The fraction of sp³-hybridized carbons (Fsp3) is 0.320. The number of aliphatic hydroxyl groups excluding tert-OH is 1. The zero-order valence-electron chi connectivity index (χ0n) is 18.9. The van der Waals surface area contributed by atoms with Crippen molar-refractivity contribution >= 4 is 29.9 Å². The Kier molecular flexibility index (Phi) is 6.92. The van der Waals surface area contributed by atoms with Crippen molar-refractivity contribution in [3.63, 3.8) is 0 Å². The Morgan fingerprint density at radius 2 is 1.71 bits per heavy atom. The molecule has 1 heterocycles. The number of aliphatic hydroxyl groups is 1. The van der Waals surface area contributed by atoms with Gasteiger partial charge in [-0.2, -0.15) is 0 Å². The van der Waals surface area contributed by atoms with Crippen molar-refractivity contribution in [2.24, 2.45) is 5.92 Å². The number of carbonyl (C=O) groups is 5. The number of Topliss-reactive ketones (excluding diaryl/α,β-unsaturated/α-hetero) is 1. The standard InChI is InChI=1S/C25H26N4O6/c30-13-21(32)20(11-15-9-10-26-23(15)34)29-22(33)12-27-24(35)25(28-14-31)18-7-3-1-5-16(18)17-6-2-4-8-19(17)25/h1-8,14-15,20,30H,9-13H2,(H,26,34)(H,27,35)(H,28,31)(H,29,33)/t15?,20-/m0/s1. The summed E-state index contributed by atoms with van der Waals surface area (Å²) in [6.07, 6.45) is 1.03. The van der Waals surface area contributed by atoms with Crippen LogP contribution in [-0.2, 0) is 29.5 Å². The third kappa shape index (κ3) is 4.40. The number of amides is 4. The van der Waals surface area contributed by atoms with Crippen molar-refractivity contribution < 1.29 is 29.1 Å². The molecule has 0 spiro atoms. The fourth-order valence-electron chi connectivity index (χ4n) is 4.86. The van der Waals surface area contributed by atoms with Crippen molar-refractivity contribution in [2.45, 2.75) is 24.4 Å². The maximum atomic E-state index is 13.5. The van der Waals surface area contributed by atoms with E-state index in [1.54, 1.807) is 24.3 Å². The minimum absolute atomic E-state index is 0.0578. The third-order valence-electron chi connectivity index (χ3n) is 6.54. The lowest BCUT2D eigenvalue weighted by molar-refractivity contribution is -0.132. The van der Waals surface area contributed by atoms with Gasteiger partial charge in [-0.25, -0.2) is 0 Å². The lowest BCUT2D eigenvalue weighted by atomic mass is 9.86. The van der Waals surface area contributed by atoms with Crippen LogP contribution in [0.5, 0.6) is 0 Å². The van der Waals surface area contributed by atoms with Gasteiger partial charge < -0.3 is 26.4 Å². The first kappa shape index (κ1) is 24.1. The largest absolute Gasteiger partial charge is 0.389 e. The zero-order valence-corrected chi connectivity index (χ0v) is 18.9. The second-order valence-electron chi connectivity index (χ2n) is 8.54. The third-order valence-corrected chi connectivity index (χ3v) is 6.54. The second-order valence-corrected chi connectivity index (χ2v) is 8.54. The number of rotatable bonds is 10. The number of nitrogens with one attached hydrogen (secondary N) is 4. The molecular formula is C25H26N4O6. The van der Waals surface area contributed by atoms with Gasteiger partial charge in [-0.3, -0.25) is 24.0 Å². The Balaban J connectivity index is 1.51. The van der Waals surface area contributed by atoms with Crippen LogP contribution in [0.3, 0.4) is 0 Å². The minimum atomic E-state index is -1.53. The smallest absolute Gasteiger partial charge is 0.255 e. The minimum Gasteiger partial charge on any atom is -0.389 e. The van der Waals surface area contributed by atoms with Gasteiger partial charge in [0.25, 0.3) is 5.91 Å². The SMILES string of the molecule is O=CNC1(C(=O)NCC(=O)N[C@@H](CC2CCNC2=O)C(=O)CO)c2ccccc2-c2ccccc21. The molecule has 5 N–H and O–H groups in total. The van der Waals surface area contributed by atoms with Crippen LogP contribution in [0.1, 0.15) is 24.0 Å². The van der Waals surface area contributed by atoms with Crippen LogP contribution in [-0.4, -0.2) is 60.8 Å². The molecule has 1 unspecified atom stereocenters. The Hall–Kier alpha value is -4.05. The topological polar surface area (TPSA) is 154 Å². The molecule has 4 rings (SSSR count). The summed E-state index contributed by atoms with van der Waals surface area (Å²) in [6.45, 7) is -0.772. The normalized spacial score (nSPS) is 18.0. The molecule has 1 aliphatic heterocycles. The van der Waals surface area contributed by atoms with Crippen LogP contribution in [0.15, 0.2) is 48.5 Å². The lowest BCUT2D eigenvalue weighted by Gasteiger charge is -2.30. The molecular weight excluding hydrogens is 452 g/mol. The summed E-state index contributed by atoms with van der Waals surface area (Å²) in [5.74, 6) is -2.55. The van der Waals surface area contributed by atoms with E-state index in [1.807, 2.05) is 24.3 Å². The molecule has 1 aliphatic carbocycles. The van der Waals surface area contributed by atoms with Gasteiger partial charge in [0.1, 0.15) is 6.61 Å². The number of hydrogen-bond acceptors (Lipinski definition) is 6. The van der Waals surface area contributed by atoms with Gasteiger partial charge in [-0.05, 0) is 35.1 Å². The summed E-state index contributed by atoms with van der Waals surface area (Å²) in [5.41, 5.74) is 1.21. The predicted octanol–water partition coefficient (Wildman–Crippen LogP) is -0.655. The maximum Gasteiger partial charge on any atom is 0.255 e. The van der Waals surface area contributed by atoms with E-state index in [1.165, 1.54) is 0 Å². The Bertz CT molecular complexity index is 1130. The number of carbonyl (C=O) groups excluding carboxylic acids is 5. The van der Waals surface area contributed by atoms with Gasteiger partial charge in [-0.15, -0.1) is 0 Å². The number of hydrogen-bond donors (Lipinski definition) is 5. The highest BCUT2D eigenvalue weighted by Crippen LogP contribution is 2.47. The van der Waals surface area contributed by atoms with Gasteiger partial charge in [0.2, 0.25) is 18.2 Å². The van der Waals surface area contributed by atoms with Crippen molar-refractivity contribution in [1.29, 1.82) is 0 Å². The highest BCUT2D eigenvalue weighted by Gasteiger charge is 2.49. The molecule has 0 saturated carbocycles. The number of fused-ring (bicyclic) bond motifs is 3. The van der Waals surface area contributed by atoms with Crippen LogP contribution in [0.25, 0.3) is 11.1 Å². The van der Waals surface area contributed by atoms with E-state index in [4.69, 9.17) is 0 Å². The molecule has 2 aliphatic rings. The Morgan fingerprint density at radius 1 is 1.09 bits per heavy atom. The highest BCUT2D eigenvalue weighted by atomic mass is 16.3. The van der Waals surface area contributed by atoms with Gasteiger partial charge >= 0.3 is 0 Å². The van der Waals surface area contributed by atoms with Crippen LogP contribution < -0.4 is 21.3 Å². The first-order valence-corrected chi connectivity index (χ1v) is 11.3. The van der Waals surface area contributed by atoms with Gasteiger partial charge in [0, 0.05) is 12.5 Å². The fourth-order valence-corrected chi connectivity index (χ4v) is 4.86. The molecule has 10 nitrogen and oxygen atoms in total. The van der Waals surface area contributed by atoms with E-state index in [-0.39, 0.29) is 12.3 Å². The second kappa shape index (κ2) is 10.1. The molecule has 1 fully saturated rings. The summed E-state index contributed by atoms with van der Waals surface area (Å²) in [5, 5.41) is 19.7. The molecule has 10 heteroatoms. The highest BCUT2D eigenvalue weighted by molar-refractivity contribution is 6.02. The first-order chi connectivity index (χ1) is 16.9. The van der Waals surface area contributed by atoms with Gasteiger partial charge in [0.15, 0.2) is 11.3 Å². The Morgan fingerprint density at radius 3 is 2.26 bits per heavy atom. The van der Waals surface area contributed by atoms with Crippen LogP contribution in [0.2, 0.25) is 0 Å². The number of benzene rings is 2. The summed E-state index contributed by atoms with van der Waals surface area (Å²) in [6, 6.07) is 13.3.